The summed E-state index contributed by atoms with van der Waals surface area (Å²) in [6, 6.07) is 6.53. The van der Waals surface area contributed by atoms with E-state index in [2.05, 4.69) is 13.8 Å². The minimum absolute atomic E-state index is 0.154. The van der Waals surface area contributed by atoms with Gasteiger partial charge in [-0.3, -0.25) is 4.79 Å². The Morgan fingerprint density at radius 1 is 1.23 bits per heavy atom. The molecule has 26 heavy (non-hydrogen) atoms. The maximum Gasteiger partial charge on any atom is 0.246 e. The third kappa shape index (κ3) is 3.74. The van der Waals surface area contributed by atoms with Crippen LogP contribution in [0.1, 0.15) is 39.5 Å². The third-order valence-electron chi connectivity index (χ3n) is 5.35. The molecule has 6 nitrogen and oxygen atoms in total. The Bertz CT molecular complexity index is 763. The number of para-hydroxylation sites is 1. The number of fused-ring (bicyclic) bond motifs is 2. The van der Waals surface area contributed by atoms with Crippen LogP contribution in [-0.4, -0.2) is 55.8 Å². The number of hydrogen-bond donors (Lipinski definition) is 0. The quantitative estimate of drug-likeness (QED) is 0.808. The molecule has 2 atom stereocenters. The SMILES string of the molecule is CC(C)CCC(=O)N1CC[C@@H]2Oc3ccccc3S(=O)(=O)N(C)[C@H]2CC1. The van der Waals surface area contributed by atoms with Crippen molar-refractivity contribution in [1.82, 2.24) is 9.21 Å². The first-order chi connectivity index (χ1) is 12.3. The monoisotopic (exact) mass is 380 g/mol. The summed E-state index contributed by atoms with van der Waals surface area (Å²) in [5.41, 5.74) is 0. The van der Waals surface area contributed by atoms with E-state index < -0.39 is 10.0 Å². The lowest BCUT2D eigenvalue weighted by Crippen LogP contribution is -2.44. The summed E-state index contributed by atoms with van der Waals surface area (Å²) >= 11 is 0. The average Bonchev–Trinajstić information content (AvgIpc) is 2.85. The molecule has 0 aromatic heterocycles. The van der Waals surface area contributed by atoms with Crippen LogP contribution in [0.25, 0.3) is 0 Å². The first-order valence-electron chi connectivity index (χ1n) is 9.32. The number of nitrogens with zero attached hydrogens (tertiary/aromatic N) is 2. The third-order valence-corrected chi connectivity index (χ3v) is 7.27. The number of hydrogen-bond acceptors (Lipinski definition) is 4. The maximum atomic E-state index is 12.9. The molecule has 1 aromatic carbocycles. The minimum Gasteiger partial charge on any atom is -0.487 e. The zero-order valence-electron chi connectivity index (χ0n) is 15.7. The first kappa shape index (κ1) is 19.2. The van der Waals surface area contributed by atoms with E-state index in [1.165, 1.54) is 4.31 Å². The van der Waals surface area contributed by atoms with Crippen LogP contribution in [0.4, 0.5) is 0 Å². The molecule has 0 radical (unpaired) electrons. The van der Waals surface area contributed by atoms with Gasteiger partial charge in [-0.25, -0.2) is 8.42 Å². The van der Waals surface area contributed by atoms with Crippen molar-refractivity contribution in [3.63, 3.8) is 0 Å². The molecular weight excluding hydrogens is 352 g/mol. The largest absolute Gasteiger partial charge is 0.487 e. The molecule has 2 heterocycles. The van der Waals surface area contributed by atoms with Gasteiger partial charge >= 0.3 is 0 Å². The number of benzene rings is 1. The highest BCUT2D eigenvalue weighted by Gasteiger charge is 2.41. The van der Waals surface area contributed by atoms with E-state index in [-0.39, 0.29) is 22.9 Å². The van der Waals surface area contributed by atoms with Gasteiger partial charge in [0.2, 0.25) is 15.9 Å². The van der Waals surface area contributed by atoms with Crippen LogP contribution >= 0.6 is 0 Å². The Kier molecular flexibility index (Phi) is 5.58. The van der Waals surface area contributed by atoms with Crippen molar-refractivity contribution in [1.29, 1.82) is 0 Å². The van der Waals surface area contributed by atoms with Crippen LogP contribution in [0.5, 0.6) is 5.75 Å². The molecular formula is C19H28N2O4S. The molecule has 0 N–H and O–H groups in total. The van der Waals surface area contributed by atoms with Crippen molar-refractivity contribution in [2.45, 2.75) is 56.6 Å². The lowest BCUT2D eigenvalue weighted by molar-refractivity contribution is -0.131. The summed E-state index contributed by atoms with van der Waals surface area (Å²) in [6.45, 7) is 5.39. The van der Waals surface area contributed by atoms with E-state index in [0.29, 0.717) is 44.0 Å². The van der Waals surface area contributed by atoms with Crippen LogP contribution in [0.2, 0.25) is 0 Å². The highest BCUT2D eigenvalue weighted by Crippen LogP contribution is 2.35. The van der Waals surface area contributed by atoms with Gasteiger partial charge in [0.25, 0.3) is 0 Å². The summed E-state index contributed by atoms with van der Waals surface area (Å²) < 4.78 is 33.4. The van der Waals surface area contributed by atoms with E-state index >= 15 is 0 Å². The van der Waals surface area contributed by atoms with Gasteiger partial charge < -0.3 is 9.64 Å². The van der Waals surface area contributed by atoms with Crippen molar-refractivity contribution < 1.29 is 17.9 Å². The van der Waals surface area contributed by atoms with Crippen LogP contribution in [0.15, 0.2) is 29.2 Å². The summed E-state index contributed by atoms with van der Waals surface area (Å²) in [4.78, 5) is 14.6. The molecule has 2 aliphatic heterocycles. The van der Waals surface area contributed by atoms with Gasteiger partial charge in [0.1, 0.15) is 16.7 Å². The molecule has 0 spiro atoms. The van der Waals surface area contributed by atoms with Crippen LogP contribution < -0.4 is 4.74 Å². The number of sulfonamides is 1. The number of rotatable bonds is 3. The van der Waals surface area contributed by atoms with Gasteiger partial charge in [-0.1, -0.05) is 26.0 Å². The van der Waals surface area contributed by atoms with Gasteiger partial charge in [-0.15, -0.1) is 0 Å². The van der Waals surface area contributed by atoms with Crippen molar-refractivity contribution in [3.8, 4) is 5.75 Å². The zero-order valence-corrected chi connectivity index (χ0v) is 16.5. The molecule has 3 rings (SSSR count). The summed E-state index contributed by atoms with van der Waals surface area (Å²) in [5, 5.41) is 0. The number of carbonyl (C=O) groups is 1. The van der Waals surface area contributed by atoms with E-state index in [1.807, 2.05) is 4.90 Å². The molecule has 0 aliphatic carbocycles. The Morgan fingerprint density at radius 2 is 1.92 bits per heavy atom. The predicted molar refractivity (Wildman–Crippen MR) is 99.5 cm³/mol. The van der Waals surface area contributed by atoms with Crippen LogP contribution in [0.3, 0.4) is 0 Å². The van der Waals surface area contributed by atoms with Gasteiger partial charge in [0, 0.05) is 33.0 Å². The second-order valence-corrected chi connectivity index (χ2v) is 9.55. The fourth-order valence-electron chi connectivity index (χ4n) is 3.69. The molecule has 1 fully saturated rings. The lowest BCUT2D eigenvalue weighted by Gasteiger charge is -2.28. The summed E-state index contributed by atoms with van der Waals surface area (Å²) in [6.07, 6.45) is 2.39. The summed E-state index contributed by atoms with van der Waals surface area (Å²) in [7, 11) is -1.98. The number of amides is 1. The predicted octanol–water partition coefficient (Wildman–Crippen LogP) is 2.50. The van der Waals surface area contributed by atoms with Crippen molar-refractivity contribution in [3.05, 3.63) is 24.3 Å². The second kappa shape index (κ2) is 7.56. The number of carbonyl (C=O) groups excluding carboxylic acids is 1. The Morgan fingerprint density at radius 3 is 2.65 bits per heavy atom. The topological polar surface area (TPSA) is 66.9 Å². The van der Waals surface area contributed by atoms with Gasteiger partial charge in [-0.05, 0) is 30.9 Å². The minimum atomic E-state index is -3.60. The maximum absolute atomic E-state index is 12.9. The Labute approximate surface area is 156 Å². The van der Waals surface area contributed by atoms with Gasteiger partial charge in [0.05, 0.1) is 6.04 Å². The lowest BCUT2D eigenvalue weighted by atomic mass is 10.1. The number of likely N-dealkylation sites (N-methyl/N-ethyl adjacent to an activating group) is 1. The smallest absolute Gasteiger partial charge is 0.246 e. The van der Waals surface area contributed by atoms with Crippen LogP contribution in [0, 0.1) is 5.92 Å². The standard InChI is InChI=1S/C19H28N2O4S/c1-14(2)8-9-19(22)21-12-10-15-16(11-13-21)25-17-6-4-5-7-18(17)26(23,24)20(15)3/h4-7,14-16H,8-13H2,1-3H3/t15-,16-/m0/s1. The van der Waals surface area contributed by atoms with Crippen molar-refractivity contribution in [2.75, 3.05) is 20.1 Å². The molecule has 0 unspecified atom stereocenters. The molecule has 7 heteroatoms. The van der Waals surface area contributed by atoms with E-state index in [1.54, 1.807) is 31.3 Å². The Hall–Kier alpha value is -1.60. The molecule has 2 aliphatic rings. The zero-order chi connectivity index (χ0) is 18.9. The van der Waals surface area contributed by atoms with E-state index in [0.717, 1.165) is 6.42 Å². The molecule has 144 valence electrons. The summed E-state index contributed by atoms with van der Waals surface area (Å²) in [5.74, 6) is 1.06. The highest BCUT2D eigenvalue weighted by molar-refractivity contribution is 7.89. The van der Waals surface area contributed by atoms with Crippen molar-refractivity contribution >= 4 is 15.9 Å². The highest BCUT2D eigenvalue weighted by atomic mass is 32.2. The van der Waals surface area contributed by atoms with E-state index in [4.69, 9.17) is 4.74 Å². The normalized spacial score (nSPS) is 25.6. The number of ether oxygens (including phenoxy) is 1. The Balaban J connectivity index is 1.80. The molecule has 0 saturated carbocycles. The molecule has 1 saturated heterocycles. The van der Waals surface area contributed by atoms with Gasteiger partial charge in [0.15, 0.2) is 0 Å². The molecule has 1 aromatic rings. The second-order valence-electron chi connectivity index (χ2n) is 7.58. The first-order valence-corrected chi connectivity index (χ1v) is 10.8. The van der Waals surface area contributed by atoms with Gasteiger partial charge in [-0.2, -0.15) is 4.31 Å². The fourth-order valence-corrected chi connectivity index (χ4v) is 5.22. The van der Waals surface area contributed by atoms with Crippen molar-refractivity contribution in [2.24, 2.45) is 5.92 Å². The number of likely N-dealkylation sites (tertiary alicyclic amines) is 1. The fraction of sp³-hybridized carbons (Fsp3) is 0.632. The average molecular weight is 381 g/mol. The molecule has 1 amide bonds. The van der Waals surface area contributed by atoms with E-state index in [9.17, 15) is 13.2 Å². The van der Waals surface area contributed by atoms with Crippen LogP contribution in [-0.2, 0) is 14.8 Å². The molecule has 0 bridgehead atoms.